The van der Waals surface area contributed by atoms with Gasteiger partial charge in [-0.25, -0.2) is 0 Å². The molecule has 0 unspecified atom stereocenters. The number of anilines is 3. The van der Waals surface area contributed by atoms with Crippen LogP contribution in [0.5, 0.6) is 0 Å². The summed E-state index contributed by atoms with van der Waals surface area (Å²) in [6, 6.07) is 33.8. The zero-order chi connectivity index (χ0) is 25.9. The SMILES string of the molecule is O=C(c1ccc2c(c1)N(Cc1ccccc1)C(=O)c1ccccc1N2)N1CCC(Cc2ccccc2)CC1. The summed E-state index contributed by atoms with van der Waals surface area (Å²) in [5, 5.41) is 3.44. The molecule has 38 heavy (non-hydrogen) atoms. The van der Waals surface area contributed by atoms with Crippen molar-refractivity contribution in [2.24, 2.45) is 5.92 Å². The number of hydrogen-bond donors (Lipinski definition) is 1. The molecule has 5 heteroatoms. The number of rotatable bonds is 5. The Morgan fingerprint density at radius 1 is 0.763 bits per heavy atom. The first-order valence-electron chi connectivity index (χ1n) is 13.3. The standard InChI is InChI=1S/C33H31N3O2/c37-32(35-19-17-25(18-20-35)21-24-9-3-1-4-10-24)27-15-16-30-31(22-27)36(23-26-11-5-2-6-12-26)33(38)28-13-7-8-14-29(28)34-30/h1-16,22,25,34H,17-21,23H2. The molecule has 2 heterocycles. The van der Waals surface area contributed by atoms with E-state index >= 15 is 0 Å². The maximum Gasteiger partial charge on any atom is 0.260 e. The Labute approximate surface area is 223 Å². The predicted molar refractivity (Wildman–Crippen MR) is 152 cm³/mol. The van der Waals surface area contributed by atoms with E-state index in [2.05, 4.69) is 29.6 Å². The third-order valence-corrected chi connectivity index (χ3v) is 7.66. The van der Waals surface area contributed by atoms with Crippen molar-refractivity contribution in [1.29, 1.82) is 0 Å². The molecule has 0 radical (unpaired) electrons. The summed E-state index contributed by atoms with van der Waals surface area (Å²) >= 11 is 0. The van der Waals surface area contributed by atoms with Crippen LogP contribution in [-0.4, -0.2) is 29.8 Å². The molecule has 1 saturated heterocycles. The smallest absolute Gasteiger partial charge is 0.260 e. The van der Waals surface area contributed by atoms with E-state index in [-0.39, 0.29) is 11.8 Å². The molecule has 0 saturated carbocycles. The van der Waals surface area contributed by atoms with Crippen molar-refractivity contribution >= 4 is 28.9 Å². The minimum absolute atomic E-state index is 0.0276. The summed E-state index contributed by atoms with van der Waals surface area (Å²) in [6.07, 6.45) is 3.06. The summed E-state index contributed by atoms with van der Waals surface area (Å²) in [6.45, 7) is 1.93. The van der Waals surface area contributed by atoms with Crippen LogP contribution in [0.3, 0.4) is 0 Å². The van der Waals surface area contributed by atoms with Gasteiger partial charge in [-0.05, 0) is 66.6 Å². The number of carbonyl (C=O) groups is 2. The van der Waals surface area contributed by atoms with Crippen LogP contribution in [0, 0.1) is 5.92 Å². The van der Waals surface area contributed by atoms with Gasteiger partial charge in [0.1, 0.15) is 0 Å². The molecule has 6 rings (SSSR count). The van der Waals surface area contributed by atoms with Crippen LogP contribution in [-0.2, 0) is 13.0 Å². The van der Waals surface area contributed by atoms with Crippen molar-refractivity contribution in [3.05, 3.63) is 125 Å². The molecular formula is C33H31N3O2. The van der Waals surface area contributed by atoms with Gasteiger partial charge >= 0.3 is 0 Å². The molecule has 0 spiro atoms. The lowest BCUT2D eigenvalue weighted by Gasteiger charge is -2.32. The van der Waals surface area contributed by atoms with Gasteiger partial charge in [0.15, 0.2) is 0 Å². The molecule has 0 aliphatic carbocycles. The molecular weight excluding hydrogens is 470 g/mol. The lowest BCUT2D eigenvalue weighted by Crippen LogP contribution is -2.39. The number of likely N-dealkylation sites (tertiary alicyclic amines) is 1. The maximum atomic E-state index is 13.8. The van der Waals surface area contributed by atoms with Crippen molar-refractivity contribution in [1.82, 2.24) is 4.90 Å². The minimum Gasteiger partial charge on any atom is -0.353 e. The average molecular weight is 502 g/mol. The second kappa shape index (κ2) is 10.5. The van der Waals surface area contributed by atoms with Gasteiger partial charge in [0.25, 0.3) is 11.8 Å². The molecule has 0 atom stereocenters. The third kappa shape index (κ3) is 4.92. The number of carbonyl (C=O) groups excluding carboxylic acids is 2. The second-order valence-electron chi connectivity index (χ2n) is 10.2. The fourth-order valence-electron chi connectivity index (χ4n) is 5.57. The Hall–Kier alpha value is -4.38. The van der Waals surface area contributed by atoms with Gasteiger partial charge in [-0.15, -0.1) is 0 Å². The molecule has 4 aromatic rings. The molecule has 5 nitrogen and oxygen atoms in total. The highest BCUT2D eigenvalue weighted by Crippen LogP contribution is 2.37. The quantitative estimate of drug-likeness (QED) is 0.332. The van der Waals surface area contributed by atoms with Crippen LogP contribution in [0.4, 0.5) is 17.1 Å². The number of amides is 2. The van der Waals surface area contributed by atoms with Crippen LogP contribution in [0.2, 0.25) is 0 Å². The lowest BCUT2D eigenvalue weighted by molar-refractivity contribution is 0.0690. The molecule has 0 bridgehead atoms. The van der Waals surface area contributed by atoms with E-state index < -0.39 is 0 Å². The van der Waals surface area contributed by atoms with E-state index in [4.69, 9.17) is 0 Å². The van der Waals surface area contributed by atoms with Gasteiger partial charge in [-0.3, -0.25) is 9.59 Å². The van der Waals surface area contributed by atoms with Crippen LogP contribution < -0.4 is 10.2 Å². The molecule has 2 aliphatic rings. The topological polar surface area (TPSA) is 52.7 Å². The number of para-hydroxylation sites is 1. The van der Waals surface area contributed by atoms with E-state index in [1.54, 1.807) is 4.90 Å². The van der Waals surface area contributed by atoms with E-state index in [0.717, 1.165) is 55.0 Å². The van der Waals surface area contributed by atoms with Gasteiger partial charge < -0.3 is 15.1 Å². The highest BCUT2D eigenvalue weighted by Gasteiger charge is 2.29. The number of nitrogens with zero attached hydrogens (tertiary/aromatic N) is 2. The number of hydrogen-bond acceptors (Lipinski definition) is 3. The molecule has 2 amide bonds. The van der Waals surface area contributed by atoms with Crippen molar-refractivity contribution in [3.8, 4) is 0 Å². The maximum absolute atomic E-state index is 13.8. The number of benzene rings is 4. The highest BCUT2D eigenvalue weighted by atomic mass is 16.2. The molecule has 0 aromatic heterocycles. The molecule has 1 N–H and O–H groups in total. The van der Waals surface area contributed by atoms with E-state index in [1.165, 1.54) is 5.56 Å². The third-order valence-electron chi connectivity index (χ3n) is 7.66. The Morgan fingerprint density at radius 2 is 1.42 bits per heavy atom. The Kier molecular flexibility index (Phi) is 6.65. The van der Waals surface area contributed by atoms with Gasteiger partial charge in [0.2, 0.25) is 0 Å². The summed E-state index contributed by atoms with van der Waals surface area (Å²) < 4.78 is 0. The van der Waals surface area contributed by atoms with Crippen molar-refractivity contribution in [2.45, 2.75) is 25.8 Å². The summed E-state index contributed by atoms with van der Waals surface area (Å²) in [7, 11) is 0. The van der Waals surface area contributed by atoms with Gasteiger partial charge in [-0.2, -0.15) is 0 Å². The van der Waals surface area contributed by atoms with Crippen LogP contribution in [0.1, 0.15) is 44.7 Å². The summed E-state index contributed by atoms with van der Waals surface area (Å²) in [5.74, 6) is 0.539. The van der Waals surface area contributed by atoms with E-state index in [0.29, 0.717) is 23.6 Å². The fourth-order valence-corrected chi connectivity index (χ4v) is 5.57. The molecule has 2 aliphatic heterocycles. The number of fused-ring (bicyclic) bond motifs is 2. The Balaban J connectivity index is 1.25. The molecule has 4 aromatic carbocycles. The first kappa shape index (κ1) is 24.0. The second-order valence-corrected chi connectivity index (χ2v) is 10.2. The first-order chi connectivity index (χ1) is 18.7. The summed E-state index contributed by atoms with van der Waals surface area (Å²) in [5.41, 5.74) is 5.94. The highest BCUT2D eigenvalue weighted by molar-refractivity contribution is 6.14. The normalized spacial score (nSPS) is 15.3. The van der Waals surface area contributed by atoms with E-state index in [9.17, 15) is 9.59 Å². The van der Waals surface area contributed by atoms with Gasteiger partial charge in [0, 0.05) is 18.7 Å². The Bertz CT molecular complexity index is 1440. The van der Waals surface area contributed by atoms with Crippen LogP contribution in [0.15, 0.2) is 103 Å². The van der Waals surface area contributed by atoms with Crippen LogP contribution >= 0.6 is 0 Å². The Morgan fingerprint density at radius 3 is 2.16 bits per heavy atom. The fraction of sp³-hybridized carbons (Fsp3) is 0.212. The van der Waals surface area contributed by atoms with Crippen LogP contribution in [0.25, 0.3) is 0 Å². The van der Waals surface area contributed by atoms with Gasteiger partial charge in [0.05, 0.1) is 29.2 Å². The molecule has 190 valence electrons. The van der Waals surface area contributed by atoms with Crippen molar-refractivity contribution in [2.75, 3.05) is 23.3 Å². The largest absolute Gasteiger partial charge is 0.353 e. The van der Waals surface area contributed by atoms with E-state index in [1.807, 2.05) is 83.8 Å². The first-order valence-corrected chi connectivity index (χ1v) is 13.3. The zero-order valence-corrected chi connectivity index (χ0v) is 21.3. The molecule has 1 fully saturated rings. The zero-order valence-electron chi connectivity index (χ0n) is 21.3. The summed E-state index contributed by atoms with van der Waals surface area (Å²) in [4.78, 5) is 31.1. The number of piperidine rings is 1. The van der Waals surface area contributed by atoms with Crippen molar-refractivity contribution in [3.63, 3.8) is 0 Å². The predicted octanol–water partition coefficient (Wildman–Crippen LogP) is 6.69. The lowest BCUT2D eigenvalue weighted by atomic mass is 9.90. The van der Waals surface area contributed by atoms with Crippen molar-refractivity contribution < 1.29 is 9.59 Å². The van der Waals surface area contributed by atoms with Gasteiger partial charge in [-0.1, -0.05) is 72.8 Å². The monoisotopic (exact) mass is 501 g/mol. The average Bonchev–Trinajstić information content (AvgIpc) is 3.08. The minimum atomic E-state index is -0.0815. The number of nitrogens with one attached hydrogen (secondary N) is 1.